The van der Waals surface area contributed by atoms with Crippen molar-refractivity contribution in [2.75, 3.05) is 33.4 Å². The van der Waals surface area contributed by atoms with E-state index < -0.39 is 0 Å². The fourth-order valence-corrected chi connectivity index (χ4v) is 0.902. The SMILES string of the molecule is CCNC/C(=C/N)C/C=N\CCOC. The second kappa shape index (κ2) is 10.2. The molecule has 0 aliphatic rings. The van der Waals surface area contributed by atoms with E-state index in [4.69, 9.17) is 10.5 Å². The standard InChI is InChI=1S/C10H21N3O/c1-3-12-9-10(8-11)4-5-13-6-7-14-2/h5,8,12H,3-4,6-7,9,11H2,1-2H3/b10-8+,13-5-. The second-order valence-electron chi connectivity index (χ2n) is 2.89. The maximum absolute atomic E-state index is 5.47. The van der Waals surface area contributed by atoms with E-state index in [0.29, 0.717) is 6.61 Å². The molecule has 3 N–H and O–H groups in total. The highest BCUT2D eigenvalue weighted by Gasteiger charge is 1.92. The topological polar surface area (TPSA) is 59.6 Å². The first kappa shape index (κ1) is 13.1. The number of nitrogens with one attached hydrogen (secondary N) is 1. The van der Waals surface area contributed by atoms with Gasteiger partial charge >= 0.3 is 0 Å². The van der Waals surface area contributed by atoms with Crippen LogP contribution < -0.4 is 11.1 Å². The number of nitrogens with two attached hydrogens (primary N) is 1. The summed E-state index contributed by atoms with van der Waals surface area (Å²) in [5.74, 6) is 0. The summed E-state index contributed by atoms with van der Waals surface area (Å²) in [6, 6.07) is 0. The van der Waals surface area contributed by atoms with Gasteiger partial charge < -0.3 is 15.8 Å². The molecule has 0 aromatic heterocycles. The van der Waals surface area contributed by atoms with Crippen LogP contribution in [0.5, 0.6) is 0 Å². The predicted octanol–water partition coefficient (Wildman–Crippen LogP) is 0.546. The van der Waals surface area contributed by atoms with Gasteiger partial charge in [-0.1, -0.05) is 6.92 Å². The first-order valence-corrected chi connectivity index (χ1v) is 4.92. The van der Waals surface area contributed by atoms with Gasteiger partial charge in [-0.25, -0.2) is 0 Å². The molecule has 0 heterocycles. The van der Waals surface area contributed by atoms with Gasteiger partial charge in [-0.05, 0) is 18.3 Å². The third kappa shape index (κ3) is 7.76. The van der Waals surface area contributed by atoms with Crippen LogP contribution in [0.2, 0.25) is 0 Å². The summed E-state index contributed by atoms with van der Waals surface area (Å²) < 4.78 is 4.87. The van der Waals surface area contributed by atoms with E-state index in [1.165, 1.54) is 0 Å². The molecule has 4 nitrogen and oxygen atoms in total. The zero-order valence-electron chi connectivity index (χ0n) is 9.12. The van der Waals surface area contributed by atoms with E-state index >= 15 is 0 Å². The van der Waals surface area contributed by atoms with Crippen molar-refractivity contribution in [2.45, 2.75) is 13.3 Å². The summed E-state index contributed by atoms with van der Waals surface area (Å²) in [5, 5.41) is 3.22. The molecule has 14 heavy (non-hydrogen) atoms. The number of methoxy groups -OCH3 is 1. The number of nitrogens with zero attached hydrogens (tertiary/aromatic N) is 1. The van der Waals surface area contributed by atoms with Gasteiger partial charge in [0.15, 0.2) is 0 Å². The minimum atomic E-state index is 0.672. The van der Waals surface area contributed by atoms with Crippen LogP contribution in [0, 0.1) is 0 Å². The van der Waals surface area contributed by atoms with E-state index in [0.717, 1.165) is 31.6 Å². The molecule has 0 spiro atoms. The highest BCUT2D eigenvalue weighted by atomic mass is 16.5. The van der Waals surface area contributed by atoms with Crippen LogP contribution in [0.25, 0.3) is 0 Å². The molecule has 0 aliphatic carbocycles. The molecule has 0 atom stereocenters. The van der Waals surface area contributed by atoms with Crippen molar-refractivity contribution in [3.63, 3.8) is 0 Å². The molecular formula is C10H21N3O. The molecule has 0 saturated carbocycles. The summed E-state index contributed by atoms with van der Waals surface area (Å²) >= 11 is 0. The molecule has 0 saturated heterocycles. The van der Waals surface area contributed by atoms with Crippen LogP contribution in [-0.2, 0) is 4.74 Å². The fourth-order valence-electron chi connectivity index (χ4n) is 0.902. The van der Waals surface area contributed by atoms with Crippen molar-refractivity contribution in [2.24, 2.45) is 10.7 Å². The molecule has 0 aromatic rings. The lowest BCUT2D eigenvalue weighted by Gasteiger charge is -2.03. The molecule has 0 aromatic carbocycles. The number of hydrogen-bond donors (Lipinski definition) is 2. The van der Waals surface area contributed by atoms with Crippen LogP contribution in [-0.4, -0.2) is 39.6 Å². The average Bonchev–Trinajstić information content (AvgIpc) is 2.22. The summed E-state index contributed by atoms with van der Waals surface area (Å²) in [6.45, 7) is 5.25. The van der Waals surface area contributed by atoms with Crippen LogP contribution >= 0.6 is 0 Å². The lowest BCUT2D eigenvalue weighted by Crippen LogP contribution is -2.17. The maximum atomic E-state index is 5.47. The summed E-state index contributed by atoms with van der Waals surface area (Å²) in [7, 11) is 1.67. The molecular weight excluding hydrogens is 178 g/mol. The molecule has 0 aliphatic heterocycles. The summed E-state index contributed by atoms with van der Waals surface area (Å²) in [5.41, 5.74) is 6.63. The van der Waals surface area contributed by atoms with Gasteiger partial charge in [-0.2, -0.15) is 0 Å². The molecule has 82 valence electrons. The molecule has 0 bridgehead atoms. The van der Waals surface area contributed by atoms with Crippen LogP contribution in [0.3, 0.4) is 0 Å². The summed E-state index contributed by atoms with van der Waals surface area (Å²) in [4.78, 5) is 4.18. The zero-order chi connectivity index (χ0) is 10.6. The van der Waals surface area contributed by atoms with E-state index in [2.05, 4.69) is 17.2 Å². The number of likely N-dealkylation sites (N-methyl/N-ethyl adjacent to an activating group) is 1. The Hall–Kier alpha value is -0.870. The molecule has 0 amide bonds. The number of rotatable bonds is 8. The van der Waals surface area contributed by atoms with Crippen molar-refractivity contribution in [1.29, 1.82) is 0 Å². The van der Waals surface area contributed by atoms with Gasteiger partial charge in [-0.15, -0.1) is 0 Å². The zero-order valence-corrected chi connectivity index (χ0v) is 9.12. The van der Waals surface area contributed by atoms with Gasteiger partial charge in [0, 0.05) is 26.3 Å². The molecule has 0 fully saturated rings. The van der Waals surface area contributed by atoms with Gasteiger partial charge in [0.2, 0.25) is 0 Å². The Kier molecular flexibility index (Phi) is 9.58. The fraction of sp³-hybridized carbons (Fsp3) is 0.700. The molecule has 4 heteroatoms. The lowest BCUT2D eigenvalue weighted by atomic mass is 10.2. The normalized spacial score (nSPS) is 12.6. The Morgan fingerprint density at radius 1 is 1.57 bits per heavy atom. The molecule has 0 rings (SSSR count). The van der Waals surface area contributed by atoms with Gasteiger partial charge in [-0.3, -0.25) is 4.99 Å². The molecule has 0 unspecified atom stereocenters. The van der Waals surface area contributed by atoms with Crippen LogP contribution in [0.4, 0.5) is 0 Å². The first-order chi connectivity index (χ1) is 6.85. The highest BCUT2D eigenvalue weighted by Crippen LogP contribution is 1.94. The highest BCUT2D eigenvalue weighted by molar-refractivity contribution is 5.61. The van der Waals surface area contributed by atoms with Crippen LogP contribution in [0.15, 0.2) is 16.8 Å². The van der Waals surface area contributed by atoms with Gasteiger partial charge in [0.05, 0.1) is 13.2 Å². The monoisotopic (exact) mass is 199 g/mol. The number of ether oxygens (including phenoxy) is 1. The maximum Gasteiger partial charge on any atom is 0.0657 e. The third-order valence-corrected chi connectivity index (χ3v) is 1.74. The Morgan fingerprint density at radius 3 is 2.93 bits per heavy atom. The van der Waals surface area contributed by atoms with Crippen molar-refractivity contribution in [3.8, 4) is 0 Å². The van der Waals surface area contributed by atoms with E-state index in [-0.39, 0.29) is 0 Å². The average molecular weight is 199 g/mol. The smallest absolute Gasteiger partial charge is 0.0657 e. The van der Waals surface area contributed by atoms with E-state index in [1.54, 1.807) is 13.3 Å². The lowest BCUT2D eigenvalue weighted by molar-refractivity contribution is 0.208. The van der Waals surface area contributed by atoms with Crippen molar-refractivity contribution in [1.82, 2.24) is 5.32 Å². The number of hydrogen-bond acceptors (Lipinski definition) is 4. The van der Waals surface area contributed by atoms with Crippen molar-refractivity contribution < 1.29 is 4.74 Å². The largest absolute Gasteiger partial charge is 0.405 e. The Morgan fingerprint density at radius 2 is 2.36 bits per heavy atom. The molecule has 0 radical (unpaired) electrons. The second-order valence-corrected chi connectivity index (χ2v) is 2.89. The first-order valence-electron chi connectivity index (χ1n) is 4.92. The van der Waals surface area contributed by atoms with Gasteiger partial charge in [0.1, 0.15) is 0 Å². The Labute approximate surface area is 86.2 Å². The quantitative estimate of drug-likeness (QED) is 0.443. The summed E-state index contributed by atoms with van der Waals surface area (Å²) in [6.07, 6.45) is 4.34. The third-order valence-electron chi connectivity index (χ3n) is 1.74. The Bertz CT molecular complexity index is 178. The van der Waals surface area contributed by atoms with E-state index in [9.17, 15) is 0 Å². The van der Waals surface area contributed by atoms with Gasteiger partial charge in [0.25, 0.3) is 0 Å². The predicted molar refractivity (Wildman–Crippen MR) is 60.7 cm³/mol. The van der Waals surface area contributed by atoms with E-state index in [1.807, 2.05) is 6.21 Å². The van der Waals surface area contributed by atoms with Crippen molar-refractivity contribution >= 4 is 6.21 Å². The van der Waals surface area contributed by atoms with Crippen LogP contribution in [0.1, 0.15) is 13.3 Å². The van der Waals surface area contributed by atoms with Crippen molar-refractivity contribution in [3.05, 3.63) is 11.8 Å². The minimum Gasteiger partial charge on any atom is -0.405 e. The minimum absolute atomic E-state index is 0.672. The number of aliphatic imine (C=N–C) groups is 1. The Balaban J connectivity index is 3.57.